The number of fused-ring (bicyclic) bond motifs is 1. The number of piperidine rings is 1. The number of amides is 1. The number of thiazole rings is 1. The number of nitrogens with zero attached hydrogens (tertiary/aromatic N) is 3. The van der Waals surface area contributed by atoms with Crippen LogP contribution in [0.5, 0.6) is 11.5 Å². The van der Waals surface area contributed by atoms with Gasteiger partial charge in [-0.3, -0.25) is 4.79 Å². The average molecular weight is 428 g/mol. The van der Waals surface area contributed by atoms with Gasteiger partial charge in [0.25, 0.3) is 5.91 Å². The van der Waals surface area contributed by atoms with Crippen molar-refractivity contribution in [1.29, 1.82) is 0 Å². The van der Waals surface area contributed by atoms with Crippen molar-refractivity contribution in [1.82, 2.24) is 8.87 Å². The summed E-state index contributed by atoms with van der Waals surface area (Å²) in [5.41, 5.74) is 0.835. The summed E-state index contributed by atoms with van der Waals surface area (Å²) >= 11 is 1.37. The lowest BCUT2D eigenvalue weighted by Crippen LogP contribution is -2.41. The van der Waals surface area contributed by atoms with Gasteiger partial charge in [-0.25, -0.2) is 12.7 Å². The van der Waals surface area contributed by atoms with Crippen molar-refractivity contribution in [2.75, 3.05) is 33.6 Å². The summed E-state index contributed by atoms with van der Waals surface area (Å²) in [6.07, 6.45) is 2.46. The summed E-state index contributed by atoms with van der Waals surface area (Å²) in [6, 6.07) is 3.66. The highest BCUT2D eigenvalue weighted by molar-refractivity contribution is 7.88. The van der Waals surface area contributed by atoms with Crippen LogP contribution in [0.2, 0.25) is 0 Å². The van der Waals surface area contributed by atoms with E-state index in [1.54, 1.807) is 14.2 Å². The molecule has 0 aliphatic carbocycles. The molecule has 1 saturated heterocycles. The van der Waals surface area contributed by atoms with Crippen LogP contribution in [0.4, 0.5) is 0 Å². The van der Waals surface area contributed by atoms with E-state index < -0.39 is 15.9 Å². The number of aromatic nitrogens is 1. The smallest absolute Gasteiger partial charge is 0.252 e. The van der Waals surface area contributed by atoms with Gasteiger partial charge >= 0.3 is 0 Å². The molecule has 3 rings (SSSR count). The van der Waals surface area contributed by atoms with Gasteiger partial charge in [0.2, 0.25) is 10.0 Å². The molecule has 0 spiro atoms. The maximum absolute atomic E-state index is 12.8. The van der Waals surface area contributed by atoms with Crippen LogP contribution in [0.3, 0.4) is 0 Å². The fraction of sp³-hybridized carbons (Fsp3) is 0.556. The minimum atomic E-state index is -3.31. The van der Waals surface area contributed by atoms with Crippen molar-refractivity contribution >= 4 is 37.5 Å². The molecule has 0 N–H and O–H groups in total. The van der Waals surface area contributed by atoms with Gasteiger partial charge in [0.05, 0.1) is 26.4 Å². The number of ether oxygens (including phenoxy) is 2. The molecule has 1 aromatic heterocycles. The molecule has 1 fully saturated rings. The highest BCUT2D eigenvalue weighted by Gasteiger charge is 2.30. The third-order valence-electron chi connectivity index (χ3n) is 4.92. The lowest BCUT2D eigenvalue weighted by molar-refractivity contribution is -0.122. The number of aryl methyl sites for hydroxylation is 1. The minimum Gasteiger partial charge on any atom is -0.495 e. The summed E-state index contributed by atoms with van der Waals surface area (Å²) in [7, 11) is -0.115. The second kappa shape index (κ2) is 8.22. The third-order valence-corrected chi connectivity index (χ3v) is 7.28. The predicted molar refractivity (Wildman–Crippen MR) is 108 cm³/mol. The molecule has 0 saturated carbocycles. The van der Waals surface area contributed by atoms with E-state index in [4.69, 9.17) is 9.47 Å². The number of hydrogen-bond donors (Lipinski definition) is 0. The van der Waals surface area contributed by atoms with Crippen LogP contribution >= 0.6 is 11.3 Å². The fourth-order valence-electron chi connectivity index (χ4n) is 3.46. The Morgan fingerprint density at radius 3 is 2.57 bits per heavy atom. The number of rotatable bonds is 5. The topological polar surface area (TPSA) is 90.2 Å². The molecular weight excluding hydrogens is 402 g/mol. The van der Waals surface area contributed by atoms with Crippen molar-refractivity contribution in [2.45, 2.75) is 26.3 Å². The Balaban J connectivity index is 2.05. The summed E-state index contributed by atoms with van der Waals surface area (Å²) in [5.74, 6) is 0.657. The number of carbonyl (C=O) groups is 1. The standard InChI is InChI=1S/C18H25N3O5S2/c1-5-21-15-13(25-2)8-9-14(26-3)16(15)27-18(21)19-17(22)12-7-6-10-20(11-12)28(4,23)24/h8-9,12H,5-7,10-11H2,1-4H3. The number of hydrogen-bond acceptors (Lipinski definition) is 6. The van der Waals surface area contributed by atoms with Gasteiger partial charge in [0.15, 0.2) is 4.80 Å². The lowest BCUT2D eigenvalue weighted by Gasteiger charge is -2.28. The van der Waals surface area contributed by atoms with Gasteiger partial charge in [0, 0.05) is 19.6 Å². The van der Waals surface area contributed by atoms with Crippen LogP contribution in [0.1, 0.15) is 19.8 Å². The second-order valence-corrected chi connectivity index (χ2v) is 9.65. The quantitative estimate of drug-likeness (QED) is 0.726. The van der Waals surface area contributed by atoms with E-state index >= 15 is 0 Å². The Labute approximate surface area is 168 Å². The first kappa shape index (κ1) is 20.8. The average Bonchev–Trinajstić information content (AvgIpc) is 3.04. The van der Waals surface area contributed by atoms with Crippen molar-refractivity contribution in [3.8, 4) is 11.5 Å². The number of sulfonamides is 1. The zero-order chi connectivity index (χ0) is 20.5. The van der Waals surface area contributed by atoms with E-state index in [9.17, 15) is 13.2 Å². The van der Waals surface area contributed by atoms with E-state index in [0.717, 1.165) is 10.2 Å². The molecule has 0 bridgehead atoms. The molecule has 1 unspecified atom stereocenters. The van der Waals surface area contributed by atoms with Gasteiger partial charge in [-0.1, -0.05) is 11.3 Å². The molecule has 1 atom stereocenters. The maximum atomic E-state index is 12.8. The first-order valence-electron chi connectivity index (χ1n) is 9.08. The van der Waals surface area contributed by atoms with E-state index in [2.05, 4.69) is 4.99 Å². The van der Waals surface area contributed by atoms with Crippen LogP contribution in [-0.2, 0) is 21.4 Å². The fourth-order valence-corrected chi connectivity index (χ4v) is 5.58. The van der Waals surface area contributed by atoms with Crippen LogP contribution in [0, 0.1) is 5.92 Å². The zero-order valence-electron chi connectivity index (χ0n) is 16.5. The van der Waals surface area contributed by atoms with E-state index in [1.807, 2.05) is 23.6 Å². The Morgan fingerprint density at radius 1 is 1.29 bits per heavy atom. The largest absolute Gasteiger partial charge is 0.495 e. The van der Waals surface area contributed by atoms with Crippen molar-refractivity contribution in [3.63, 3.8) is 0 Å². The molecule has 1 amide bonds. The van der Waals surface area contributed by atoms with Crippen LogP contribution in [-0.4, -0.2) is 56.8 Å². The number of methoxy groups -OCH3 is 2. The number of benzene rings is 1. The van der Waals surface area contributed by atoms with E-state index in [0.29, 0.717) is 42.2 Å². The molecule has 1 aromatic carbocycles. The van der Waals surface area contributed by atoms with Crippen LogP contribution in [0.25, 0.3) is 10.2 Å². The Bertz CT molecular complexity index is 1060. The first-order chi connectivity index (χ1) is 13.3. The number of carbonyl (C=O) groups excluding carboxylic acids is 1. The summed E-state index contributed by atoms with van der Waals surface area (Å²) in [6.45, 7) is 3.22. The molecule has 154 valence electrons. The van der Waals surface area contributed by atoms with Gasteiger partial charge in [-0.05, 0) is 31.9 Å². The highest BCUT2D eigenvalue weighted by Crippen LogP contribution is 2.35. The zero-order valence-corrected chi connectivity index (χ0v) is 18.1. The first-order valence-corrected chi connectivity index (χ1v) is 11.7. The second-order valence-electron chi connectivity index (χ2n) is 6.69. The monoisotopic (exact) mass is 427 g/mol. The molecule has 1 aliphatic heterocycles. The molecular formula is C18H25N3O5S2. The normalized spacial score (nSPS) is 19.1. The molecule has 2 heterocycles. The Hall–Kier alpha value is -1.91. The van der Waals surface area contributed by atoms with Crippen LogP contribution < -0.4 is 14.3 Å². The summed E-state index contributed by atoms with van der Waals surface area (Å²) in [4.78, 5) is 17.8. The summed E-state index contributed by atoms with van der Waals surface area (Å²) < 4.78 is 38.7. The van der Waals surface area contributed by atoms with Gasteiger partial charge in [-0.2, -0.15) is 4.99 Å². The Morgan fingerprint density at radius 2 is 1.96 bits per heavy atom. The van der Waals surface area contributed by atoms with Crippen LogP contribution in [0.15, 0.2) is 17.1 Å². The van der Waals surface area contributed by atoms with Crippen molar-refractivity contribution in [2.24, 2.45) is 10.9 Å². The van der Waals surface area contributed by atoms with Crippen molar-refractivity contribution in [3.05, 3.63) is 16.9 Å². The molecule has 8 nitrogen and oxygen atoms in total. The van der Waals surface area contributed by atoms with Gasteiger partial charge in [0.1, 0.15) is 21.7 Å². The van der Waals surface area contributed by atoms with Gasteiger partial charge < -0.3 is 14.0 Å². The minimum absolute atomic E-state index is 0.185. The maximum Gasteiger partial charge on any atom is 0.252 e. The Kier molecular flexibility index (Phi) is 6.11. The SMILES string of the molecule is CCn1c(=NC(=O)C2CCCN(S(C)(=O)=O)C2)sc2c(OC)ccc(OC)c21. The van der Waals surface area contributed by atoms with Crippen molar-refractivity contribution < 1.29 is 22.7 Å². The summed E-state index contributed by atoms with van der Waals surface area (Å²) in [5, 5.41) is 0. The predicted octanol–water partition coefficient (Wildman–Crippen LogP) is 1.84. The van der Waals surface area contributed by atoms with Gasteiger partial charge in [-0.15, -0.1) is 0 Å². The molecule has 1 aliphatic rings. The van der Waals surface area contributed by atoms with E-state index in [1.165, 1.54) is 21.9 Å². The van der Waals surface area contributed by atoms with E-state index in [-0.39, 0.29) is 12.5 Å². The lowest BCUT2D eigenvalue weighted by atomic mass is 9.99. The molecule has 2 aromatic rings. The molecule has 0 radical (unpaired) electrons. The molecule has 10 heteroatoms. The highest BCUT2D eigenvalue weighted by atomic mass is 32.2. The third kappa shape index (κ3) is 3.94. The molecule has 28 heavy (non-hydrogen) atoms.